The van der Waals surface area contributed by atoms with E-state index in [1.807, 2.05) is 0 Å². The Morgan fingerprint density at radius 1 is 0.867 bits per heavy atom. The number of hydrogen-bond donors (Lipinski definition) is 0. The molecule has 2 aliphatic rings. The Morgan fingerprint density at radius 2 is 1.67 bits per heavy atom. The van der Waals surface area contributed by atoms with Gasteiger partial charge in [0.25, 0.3) is 5.69 Å². The van der Waals surface area contributed by atoms with Gasteiger partial charge in [-0.05, 0) is 79.3 Å². The second-order valence-corrected chi connectivity index (χ2v) is 9.37. The molecule has 1 aliphatic carbocycles. The lowest BCUT2D eigenvalue weighted by molar-refractivity contribution is -0.633. The van der Waals surface area contributed by atoms with Crippen LogP contribution in [0.1, 0.15) is 53.9 Å². The molecule has 0 atom stereocenters. The number of pyridine rings is 1. The average molecular weight is 395 g/mol. The van der Waals surface area contributed by atoms with Gasteiger partial charge in [0.15, 0.2) is 5.75 Å². The smallest absolute Gasteiger partial charge is 0.256 e. The molecule has 0 N–H and O–H groups in total. The fourth-order valence-electron chi connectivity index (χ4n) is 5.75. The van der Waals surface area contributed by atoms with E-state index in [4.69, 9.17) is 4.74 Å². The van der Waals surface area contributed by atoms with Crippen LogP contribution in [0.5, 0.6) is 11.5 Å². The Balaban J connectivity index is 1.66. The molecule has 30 heavy (non-hydrogen) atoms. The molecule has 2 nitrogen and oxygen atoms in total. The summed E-state index contributed by atoms with van der Waals surface area (Å²) in [4.78, 5) is 0. The Bertz CT molecular complexity index is 1360. The minimum Gasteiger partial charge on any atom is -0.450 e. The zero-order valence-corrected chi connectivity index (χ0v) is 18.3. The third-order valence-corrected chi connectivity index (χ3v) is 7.42. The summed E-state index contributed by atoms with van der Waals surface area (Å²) >= 11 is 0. The average Bonchev–Trinajstić information content (AvgIpc) is 3.25. The van der Waals surface area contributed by atoms with Crippen molar-refractivity contribution < 1.29 is 9.30 Å². The van der Waals surface area contributed by atoms with Crippen LogP contribution in [0.2, 0.25) is 0 Å². The van der Waals surface area contributed by atoms with Gasteiger partial charge in [-0.15, -0.1) is 0 Å². The minimum atomic E-state index is 0.721. The molecule has 2 heterocycles. The van der Waals surface area contributed by atoms with Crippen molar-refractivity contribution in [2.75, 3.05) is 0 Å². The normalized spacial score (nSPS) is 15.6. The first kappa shape index (κ1) is 17.9. The van der Waals surface area contributed by atoms with E-state index in [-0.39, 0.29) is 0 Å². The van der Waals surface area contributed by atoms with E-state index in [2.05, 4.69) is 74.9 Å². The quantitative estimate of drug-likeness (QED) is 0.275. The first-order chi connectivity index (χ1) is 14.5. The molecular formula is C28H28NO+. The van der Waals surface area contributed by atoms with Crippen LogP contribution in [0.25, 0.3) is 32.9 Å². The van der Waals surface area contributed by atoms with Gasteiger partial charge >= 0.3 is 0 Å². The zero-order chi connectivity index (χ0) is 20.6. The van der Waals surface area contributed by atoms with Gasteiger partial charge in [-0.2, -0.15) is 4.57 Å². The van der Waals surface area contributed by atoms with Gasteiger partial charge in [0, 0.05) is 17.5 Å². The number of ether oxygens (including phenoxy) is 1. The van der Waals surface area contributed by atoms with Crippen LogP contribution < -0.4 is 9.30 Å². The summed E-state index contributed by atoms with van der Waals surface area (Å²) in [6.07, 6.45) is 5.38. The second kappa shape index (κ2) is 6.31. The van der Waals surface area contributed by atoms with Crippen LogP contribution >= 0.6 is 0 Å². The van der Waals surface area contributed by atoms with Crippen LogP contribution in [0.3, 0.4) is 0 Å². The van der Waals surface area contributed by atoms with Gasteiger partial charge in [0.1, 0.15) is 12.8 Å². The van der Waals surface area contributed by atoms with E-state index in [1.165, 1.54) is 80.9 Å². The van der Waals surface area contributed by atoms with Crippen LogP contribution in [0, 0.1) is 20.8 Å². The minimum absolute atomic E-state index is 0.721. The van der Waals surface area contributed by atoms with E-state index in [1.54, 1.807) is 0 Å². The highest BCUT2D eigenvalue weighted by atomic mass is 16.5. The first-order valence-corrected chi connectivity index (χ1v) is 11.2. The van der Waals surface area contributed by atoms with Gasteiger partial charge in [0.05, 0.1) is 10.9 Å². The fraction of sp³-hybridized carbons (Fsp3) is 0.321. The van der Waals surface area contributed by atoms with E-state index < -0.39 is 0 Å². The van der Waals surface area contributed by atoms with Gasteiger partial charge < -0.3 is 4.74 Å². The van der Waals surface area contributed by atoms with Gasteiger partial charge in [-0.3, -0.25) is 0 Å². The van der Waals surface area contributed by atoms with Crippen molar-refractivity contribution in [1.82, 2.24) is 0 Å². The molecule has 2 heteroatoms. The predicted octanol–water partition coefficient (Wildman–Crippen LogP) is 7.17. The van der Waals surface area contributed by atoms with Crippen molar-refractivity contribution in [2.45, 2.75) is 52.4 Å². The number of fused-ring (bicyclic) bond motifs is 3. The van der Waals surface area contributed by atoms with Crippen molar-refractivity contribution in [3.8, 4) is 22.8 Å². The molecule has 0 bridgehead atoms. The lowest BCUT2D eigenvalue weighted by Crippen LogP contribution is -2.33. The van der Waals surface area contributed by atoms with E-state index >= 15 is 0 Å². The van der Waals surface area contributed by atoms with Gasteiger partial charge in [-0.1, -0.05) is 31.0 Å². The van der Waals surface area contributed by atoms with Crippen molar-refractivity contribution in [2.24, 2.45) is 7.05 Å². The lowest BCUT2D eigenvalue weighted by atomic mass is 9.89. The predicted molar refractivity (Wildman–Crippen MR) is 124 cm³/mol. The molecule has 150 valence electrons. The largest absolute Gasteiger partial charge is 0.450 e. The first-order valence-electron chi connectivity index (χ1n) is 11.2. The molecule has 1 aliphatic heterocycles. The summed E-state index contributed by atoms with van der Waals surface area (Å²) in [5.41, 5.74) is 9.19. The second-order valence-electron chi connectivity index (χ2n) is 9.37. The van der Waals surface area contributed by atoms with E-state index in [0.717, 1.165) is 17.4 Å². The van der Waals surface area contributed by atoms with Crippen molar-refractivity contribution >= 4 is 21.7 Å². The van der Waals surface area contributed by atoms with Crippen molar-refractivity contribution in [3.05, 3.63) is 64.7 Å². The highest BCUT2D eigenvalue weighted by Crippen LogP contribution is 2.48. The summed E-state index contributed by atoms with van der Waals surface area (Å²) < 4.78 is 8.90. The number of rotatable bonds is 1. The lowest BCUT2D eigenvalue weighted by Gasteiger charge is -2.23. The fourth-order valence-corrected chi connectivity index (χ4v) is 5.75. The molecule has 1 fully saturated rings. The van der Waals surface area contributed by atoms with Crippen LogP contribution in [-0.4, -0.2) is 0 Å². The summed E-state index contributed by atoms with van der Waals surface area (Å²) in [7, 11) is 2.19. The molecule has 3 aromatic carbocycles. The molecule has 0 amide bonds. The van der Waals surface area contributed by atoms with Crippen LogP contribution in [0.4, 0.5) is 0 Å². The molecule has 1 saturated carbocycles. The molecule has 0 saturated heterocycles. The molecule has 4 aromatic rings. The summed E-state index contributed by atoms with van der Waals surface area (Å²) in [6.45, 7) is 6.62. The molecule has 0 unspecified atom stereocenters. The molecule has 6 rings (SSSR count). The Labute approximate surface area is 178 Å². The number of nitrogens with zero attached hydrogens (tertiary/aromatic N) is 1. The highest BCUT2D eigenvalue weighted by Gasteiger charge is 2.32. The van der Waals surface area contributed by atoms with E-state index in [9.17, 15) is 0 Å². The standard InChI is InChI=1S/C28H28NO/c1-16-11-22-13-17(2)18(3)26-27(22)24(12-16)30-25-15-21-14-20(19-7-5-6-8-19)9-10-23(21)29(4)28(25)26/h9-15,19H,5-8H2,1-4H3/q+1. The van der Waals surface area contributed by atoms with Crippen LogP contribution in [-0.2, 0) is 7.05 Å². The Hall–Kier alpha value is -2.87. The highest BCUT2D eigenvalue weighted by molar-refractivity contribution is 6.05. The van der Waals surface area contributed by atoms with Crippen molar-refractivity contribution in [1.29, 1.82) is 0 Å². The van der Waals surface area contributed by atoms with Gasteiger partial charge in [0.2, 0.25) is 5.52 Å². The monoisotopic (exact) mass is 394 g/mol. The zero-order valence-electron chi connectivity index (χ0n) is 18.3. The summed E-state index contributed by atoms with van der Waals surface area (Å²) in [5, 5.41) is 3.79. The number of aromatic nitrogens is 1. The Kier molecular flexibility index (Phi) is 3.78. The SMILES string of the molecule is Cc1cc2c3c(c(C)c(C)cc3c1)-c1c(cc3cc(C4CCCC4)ccc3[n+]1C)O2. The topological polar surface area (TPSA) is 13.1 Å². The maximum absolute atomic E-state index is 6.56. The molecular weight excluding hydrogens is 366 g/mol. The molecule has 0 spiro atoms. The summed E-state index contributed by atoms with van der Waals surface area (Å²) in [5.74, 6) is 2.68. The number of hydrogen-bond acceptors (Lipinski definition) is 1. The maximum Gasteiger partial charge on any atom is 0.256 e. The van der Waals surface area contributed by atoms with E-state index in [0.29, 0.717) is 0 Å². The number of aryl methyl sites for hydroxylation is 3. The third kappa shape index (κ3) is 2.46. The van der Waals surface area contributed by atoms with Crippen LogP contribution in [0.15, 0.2) is 42.5 Å². The Morgan fingerprint density at radius 3 is 2.47 bits per heavy atom. The maximum atomic E-state index is 6.56. The molecule has 0 radical (unpaired) electrons. The third-order valence-electron chi connectivity index (χ3n) is 7.42. The molecule has 1 aromatic heterocycles. The van der Waals surface area contributed by atoms with Gasteiger partial charge in [-0.25, -0.2) is 0 Å². The summed E-state index contributed by atoms with van der Waals surface area (Å²) in [6, 6.07) is 16.1. The number of benzene rings is 3. The van der Waals surface area contributed by atoms with Crippen molar-refractivity contribution in [3.63, 3.8) is 0 Å².